The molecule has 102 valence electrons. The molecular weight excluding hydrogens is 261 g/mol. The van der Waals surface area contributed by atoms with Gasteiger partial charge in [0, 0.05) is 17.3 Å². The summed E-state index contributed by atoms with van der Waals surface area (Å²) >= 11 is 1.24. The van der Waals surface area contributed by atoms with Crippen molar-refractivity contribution in [2.45, 2.75) is 44.7 Å². The molecule has 6 heteroatoms. The number of alkyl halides is 3. The monoisotopic (exact) mass is 278 g/mol. The Bertz CT molecular complexity index is 401. The molecule has 1 aliphatic carbocycles. The molecule has 2 nitrogen and oxygen atoms in total. The van der Waals surface area contributed by atoms with Gasteiger partial charge < -0.3 is 5.32 Å². The van der Waals surface area contributed by atoms with Crippen molar-refractivity contribution >= 4 is 11.3 Å². The summed E-state index contributed by atoms with van der Waals surface area (Å²) < 4.78 is 37.1. The van der Waals surface area contributed by atoms with Crippen LogP contribution >= 0.6 is 11.3 Å². The van der Waals surface area contributed by atoms with Crippen LogP contribution in [0, 0.1) is 0 Å². The minimum Gasteiger partial charge on any atom is -0.316 e. The molecule has 0 radical (unpaired) electrons. The Labute approximate surface area is 109 Å². The number of fused-ring (bicyclic) bond motifs is 1. The first kappa shape index (κ1) is 13.8. The van der Waals surface area contributed by atoms with Crippen LogP contribution in [0.5, 0.6) is 0 Å². The Morgan fingerprint density at radius 3 is 2.89 bits per heavy atom. The summed E-state index contributed by atoms with van der Waals surface area (Å²) in [6.07, 6.45) is -2.09. The van der Waals surface area contributed by atoms with E-state index in [0.29, 0.717) is 0 Å². The molecule has 1 N–H and O–H groups in total. The zero-order valence-corrected chi connectivity index (χ0v) is 11.1. The summed E-state index contributed by atoms with van der Waals surface area (Å²) in [5, 5.41) is 3.48. The highest BCUT2D eigenvalue weighted by atomic mass is 32.1. The molecule has 1 aromatic rings. The predicted octanol–water partition coefficient (Wildman–Crippen LogP) is 3.28. The molecule has 1 aliphatic rings. The minimum absolute atomic E-state index is 0.218. The fourth-order valence-corrected chi connectivity index (χ4v) is 3.55. The fourth-order valence-electron chi connectivity index (χ4n) is 2.32. The lowest BCUT2D eigenvalue weighted by molar-refractivity contribution is -0.127. The molecular formula is C12H17F3N2S. The second-order valence-electron chi connectivity index (χ2n) is 4.60. The van der Waals surface area contributed by atoms with Crippen molar-refractivity contribution in [3.8, 4) is 0 Å². The number of halogens is 3. The third-order valence-corrected chi connectivity index (χ3v) is 4.24. The van der Waals surface area contributed by atoms with Crippen molar-refractivity contribution in [1.29, 1.82) is 0 Å². The molecule has 1 heterocycles. The Hall–Kier alpha value is -0.620. The maximum atomic E-state index is 12.4. The topological polar surface area (TPSA) is 24.9 Å². The number of nitrogens with zero attached hydrogens (tertiary/aromatic N) is 1. The van der Waals surface area contributed by atoms with Crippen LogP contribution in [0.2, 0.25) is 0 Å². The van der Waals surface area contributed by atoms with Crippen LogP contribution < -0.4 is 5.32 Å². The van der Waals surface area contributed by atoms with Gasteiger partial charge in [-0.05, 0) is 25.8 Å². The Balaban J connectivity index is 2.13. The normalized spacial score (nSPS) is 19.9. The van der Waals surface area contributed by atoms with Crippen molar-refractivity contribution in [3.63, 3.8) is 0 Å². The van der Waals surface area contributed by atoms with E-state index in [-0.39, 0.29) is 10.9 Å². The summed E-state index contributed by atoms with van der Waals surface area (Å²) in [7, 11) is 0. The van der Waals surface area contributed by atoms with E-state index in [1.165, 1.54) is 11.3 Å². The van der Waals surface area contributed by atoms with Crippen molar-refractivity contribution in [1.82, 2.24) is 10.3 Å². The maximum Gasteiger partial charge on any atom is 0.395 e. The summed E-state index contributed by atoms with van der Waals surface area (Å²) in [4.78, 5) is 5.29. The highest BCUT2D eigenvalue weighted by Gasteiger charge is 2.32. The third-order valence-electron chi connectivity index (χ3n) is 3.11. The summed E-state index contributed by atoms with van der Waals surface area (Å²) in [5.74, 6) is 0.284. The van der Waals surface area contributed by atoms with E-state index in [1.54, 1.807) is 0 Å². The van der Waals surface area contributed by atoms with Crippen molar-refractivity contribution in [2.75, 3.05) is 13.1 Å². The van der Waals surface area contributed by atoms with Gasteiger partial charge in [-0.25, -0.2) is 4.98 Å². The number of likely N-dealkylation sites (N-methyl/N-ethyl adjacent to an activating group) is 1. The molecule has 1 aromatic heterocycles. The molecule has 18 heavy (non-hydrogen) atoms. The van der Waals surface area contributed by atoms with Gasteiger partial charge in [0.1, 0.15) is 5.01 Å². The van der Waals surface area contributed by atoms with Crippen LogP contribution in [0.25, 0.3) is 0 Å². The van der Waals surface area contributed by atoms with Gasteiger partial charge in [0.25, 0.3) is 0 Å². The third kappa shape index (κ3) is 3.45. The number of hydrogen-bond donors (Lipinski definition) is 1. The quantitative estimate of drug-likeness (QED) is 0.914. The molecule has 0 spiro atoms. The zero-order chi connectivity index (χ0) is 13.2. The van der Waals surface area contributed by atoms with Crippen LogP contribution in [0.15, 0.2) is 0 Å². The average molecular weight is 278 g/mol. The van der Waals surface area contributed by atoms with E-state index in [9.17, 15) is 13.2 Å². The molecule has 0 bridgehead atoms. The van der Waals surface area contributed by atoms with Gasteiger partial charge in [-0.2, -0.15) is 13.2 Å². The number of aryl methyl sites for hydroxylation is 1. The molecule has 0 saturated carbocycles. The first-order chi connectivity index (χ1) is 8.49. The zero-order valence-electron chi connectivity index (χ0n) is 10.3. The van der Waals surface area contributed by atoms with Gasteiger partial charge in [0.15, 0.2) is 0 Å². The second kappa shape index (κ2) is 5.57. The summed E-state index contributed by atoms with van der Waals surface area (Å²) in [6.45, 7) is 3.73. The predicted molar refractivity (Wildman–Crippen MR) is 66.1 cm³/mol. The second-order valence-corrected chi connectivity index (χ2v) is 5.77. The van der Waals surface area contributed by atoms with E-state index in [4.69, 9.17) is 0 Å². The first-order valence-electron chi connectivity index (χ1n) is 6.25. The van der Waals surface area contributed by atoms with Gasteiger partial charge in [-0.1, -0.05) is 6.92 Å². The fraction of sp³-hybridized carbons (Fsp3) is 0.750. The molecule has 1 unspecified atom stereocenters. The van der Waals surface area contributed by atoms with Gasteiger partial charge in [0.05, 0.1) is 12.1 Å². The molecule has 0 amide bonds. The standard InChI is InChI=1S/C12H17F3N2S/c1-2-16-7-8-4-3-5-9-11(8)17-10(18-9)6-12(13,14)15/h8,16H,2-7H2,1H3. The van der Waals surface area contributed by atoms with Crippen LogP contribution in [0.4, 0.5) is 13.2 Å². The van der Waals surface area contributed by atoms with E-state index in [0.717, 1.165) is 42.9 Å². The van der Waals surface area contributed by atoms with E-state index >= 15 is 0 Å². The molecule has 0 aromatic carbocycles. The minimum atomic E-state index is -4.16. The number of hydrogen-bond acceptors (Lipinski definition) is 3. The number of rotatable bonds is 4. The van der Waals surface area contributed by atoms with Crippen LogP contribution in [0.1, 0.15) is 41.3 Å². The highest BCUT2D eigenvalue weighted by molar-refractivity contribution is 7.11. The molecule has 2 rings (SSSR count). The van der Waals surface area contributed by atoms with Crippen LogP contribution in [-0.2, 0) is 12.8 Å². The number of nitrogens with one attached hydrogen (secondary N) is 1. The average Bonchev–Trinajstić information content (AvgIpc) is 2.66. The SMILES string of the molecule is CCNCC1CCCc2sc(CC(F)(F)F)nc21. The van der Waals surface area contributed by atoms with Gasteiger partial charge in [-0.3, -0.25) is 0 Å². The Morgan fingerprint density at radius 2 is 2.22 bits per heavy atom. The molecule has 1 atom stereocenters. The molecule has 0 aliphatic heterocycles. The van der Waals surface area contributed by atoms with Crippen molar-refractivity contribution in [3.05, 3.63) is 15.6 Å². The number of thiazole rings is 1. The Kier molecular flexibility index (Phi) is 4.27. The van der Waals surface area contributed by atoms with Gasteiger partial charge in [-0.15, -0.1) is 11.3 Å². The molecule has 0 fully saturated rings. The van der Waals surface area contributed by atoms with E-state index in [2.05, 4.69) is 10.3 Å². The lowest BCUT2D eigenvalue weighted by Gasteiger charge is -2.21. The molecule has 0 saturated heterocycles. The van der Waals surface area contributed by atoms with Crippen LogP contribution in [-0.4, -0.2) is 24.2 Å². The van der Waals surface area contributed by atoms with E-state index < -0.39 is 12.6 Å². The smallest absolute Gasteiger partial charge is 0.316 e. The largest absolute Gasteiger partial charge is 0.395 e. The summed E-state index contributed by atoms with van der Waals surface area (Å²) in [5.41, 5.74) is 0.909. The number of aromatic nitrogens is 1. The lowest BCUT2D eigenvalue weighted by Crippen LogP contribution is -2.24. The first-order valence-corrected chi connectivity index (χ1v) is 7.07. The summed E-state index contributed by atoms with van der Waals surface area (Å²) in [6, 6.07) is 0. The van der Waals surface area contributed by atoms with Gasteiger partial charge in [0.2, 0.25) is 0 Å². The van der Waals surface area contributed by atoms with Crippen LogP contribution in [0.3, 0.4) is 0 Å². The van der Waals surface area contributed by atoms with Crippen molar-refractivity contribution < 1.29 is 13.2 Å². The maximum absolute atomic E-state index is 12.4. The van der Waals surface area contributed by atoms with Crippen molar-refractivity contribution in [2.24, 2.45) is 0 Å². The van der Waals surface area contributed by atoms with E-state index in [1.807, 2.05) is 6.92 Å². The van der Waals surface area contributed by atoms with Gasteiger partial charge >= 0.3 is 6.18 Å². The lowest BCUT2D eigenvalue weighted by atomic mass is 9.91. The highest BCUT2D eigenvalue weighted by Crippen LogP contribution is 2.36. The Morgan fingerprint density at radius 1 is 1.44 bits per heavy atom.